The summed E-state index contributed by atoms with van der Waals surface area (Å²) >= 11 is 0. The molecule has 0 aromatic heterocycles. The molecule has 1 rings (SSSR count). The van der Waals surface area contributed by atoms with E-state index in [0.29, 0.717) is 12.1 Å². The topological polar surface area (TPSA) is 91.0 Å². The first-order chi connectivity index (χ1) is 9.90. The van der Waals surface area contributed by atoms with Crippen molar-refractivity contribution in [3.63, 3.8) is 0 Å². The van der Waals surface area contributed by atoms with E-state index in [-0.39, 0.29) is 11.7 Å². The Bertz CT molecular complexity index is 526. The minimum atomic E-state index is -0.621. The van der Waals surface area contributed by atoms with E-state index in [1.165, 1.54) is 0 Å². The zero-order chi connectivity index (χ0) is 16.0. The zero-order valence-electron chi connectivity index (χ0n) is 13.1. The third-order valence-corrected chi connectivity index (χ3v) is 3.32. The molecule has 1 aromatic carbocycles. The van der Waals surface area contributed by atoms with Crippen molar-refractivity contribution >= 4 is 23.1 Å². The van der Waals surface area contributed by atoms with Crippen LogP contribution in [0, 0.1) is 12.8 Å². The largest absolute Gasteiger partial charge is 0.409 e. The third-order valence-electron chi connectivity index (χ3n) is 3.32. The number of amides is 1. The number of amidine groups is 1. The van der Waals surface area contributed by atoms with E-state index in [2.05, 4.69) is 10.5 Å². The van der Waals surface area contributed by atoms with Crippen LogP contribution in [0.25, 0.3) is 0 Å². The highest BCUT2D eigenvalue weighted by Gasteiger charge is 2.22. The van der Waals surface area contributed by atoms with Gasteiger partial charge in [0.15, 0.2) is 5.84 Å². The molecule has 116 valence electrons. The normalized spacial score (nSPS) is 12.9. The SMILES string of the molecule is CCCC(C(=O)Nc1ccc(C)c(N(C)C)c1)/C(N)=N/O. The Morgan fingerprint density at radius 3 is 2.67 bits per heavy atom. The second-order valence-electron chi connectivity index (χ2n) is 5.25. The lowest BCUT2D eigenvalue weighted by Gasteiger charge is -2.19. The molecular formula is C15H24N4O2. The molecule has 0 bridgehead atoms. The Morgan fingerprint density at radius 2 is 2.14 bits per heavy atom. The Kier molecular flexibility index (Phi) is 6.02. The van der Waals surface area contributed by atoms with Crippen molar-refractivity contribution in [2.75, 3.05) is 24.3 Å². The number of hydrogen-bond donors (Lipinski definition) is 3. The molecule has 1 amide bonds. The van der Waals surface area contributed by atoms with Crippen LogP contribution in [0.3, 0.4) is 0 Å². The average Bonchev–Trinajstić information content (AvgIpc) is 2.45. The number of hydrogen-bond acceptors (Lipinski definition) is 4. The fraction of sp³-hybridized carbons (Fsp3) is 0.467. The maximum Gasteiger partial charge on any atom is 0.235 e. The van der Waals surface area contributed by atoms with E-state index in [9.17, 15) is 4.79 Å². The maximum atomic E-state index is 12.3. The highest BCUT2D eigenvalue weighted by molar-refractivity contribution is 6.07. The zero-order valence-corrected chi connectivity index (χ0v) is 13.1. The standard InChI is InChI=1S/C15H24N4O2/c1-5-6-12(14(16)18-21)15(20)17-11-8-7-10(2)13(9-11)19(3)4/h7-9,12,21H,5-6H2,1-4H3,(H2,16,18)(H,17,20). The molecule has 6 nitrogen and oxygen atoms in total. The van der Waals surface area contributed by atoms with Crippen molar-refractivity contribution in [3.05, 3.63) is 23.8 Å². The van der Waals surface area contributed by atoms with E-state index < -0.39 is 5.92 Å². The Labute approximate surface area is 125 Å². The van der Waals surface area contributed by atoms with E-state index in [4.69, 9.17) is 10.9 Å². The van der Waals surface area contributed by atoms with Crippen LogP contribution < -0.4 is 16.0 Å². The van der Waals surface area contributed by atoms with E-state index in [1.54, 1.807) is 0 Å². The third kappa shape index (κ3) is 4.37. The van der Waals surface area contributed by atoms with Gasteiger partial charge in [0.1, 0.15) is 0 Å². The summed E-state index contributed by atoms with van der Waals surface area (Å²) in [5.41, 5.74) is 8.44. The van der Waals surface area contributed by atoms with Gasteiger partial charge in [-0.25, -0.2) is 0 Å². The number of carbonyl (C=O) groups excluding carboxylic acids is 1. The van der Waals surface area contributed by atoms with Gasteiger partial charge in [-0.15, -0.1) is 0 Å². The molecule has 4 N–H and O–H groups in total. The number of aryl methyl sites for hydroxylation is 1. The molecule has 0 fully saturated rings. The van der Waals surface area contributed by atoms with Crippen LogP contribution in [0.15, 0.2) is 23.4 Å². The van der Waals surface area contributed by atoms with Crippen LogP contribution in [0.4, 0.5) is 11.4 Å². The monoisotopic (exact) mass is 292 g/mol. The molecule has 0 heterocycles. The number of benzene rings is 1. The summed E-state index contributed by atoms with van der Waals surface area (Å²) in [4.78, 5) is 14.3. The molecule has 0 radical (unpaired) electrons. The van der Waals surface area contributed by atoms with Crippen molar-refractivity contribution in [1.82, 2.24) is 0 Å². The van der Waals surface area contributed by atoms with Gasteiger partial charge in [-0.3, -0.25) is 4.79 Å². The first kappa shape index (κ1) is 16.8. The summed E-state index contributed by atoms with van der Waals surface area (Å²) < 4.78 is 0. The van der Waals surface area contributed by atoms with Crippen molar-refractivity contribution in [1.29, 1.82) is 0 Å². The molecule has 1 unspecified atom stereocenters. The number of oxime groups is 1. The van der Waals surface area contributed by atoms with Crippen LogP contribution in [0.2, 0.25) is 0 Å². The lowest BCUT2D eigenvalue weighted by atomic mass is 10.0. The fourth-order valence-corrected chi connectivity index (χ4v) is 2.17. The molecule has 0 saturated carbocycles. The predicted molar refractivity (Wildman–Crippen MR) is 85.9 cm³/mol. The molecule has 6 heteroatoms. The smallest absolute Gasteiger partial charge is 0.235 e. The van der Waals surface area contributed by atoms with Crippen LogP contribution >= 0.6 is 0 Å². The van der Waals surface area contributed by atoms with Gasteiger partial charge in [0, 0.05) is 25.5 Å². The summed E-state index contributed by atoms with van der Waals surface area (Å²) in [5, 5.41) is 14.6. The molecule has 21 heavy (non-hydrogen) atoms. The summed E-state index contributed by atoms with van der Waals surface area (Å²) in [6, 6.07) is 5.70. The van der Waals surface area contributed by atoms with Crippen molar-refractivity contribution in [3.8, 4) is 0 Å². The number of nitrogens with one attached hydrogen (secondary N) is 1. The van der Waals surface area contributed by atoms with Gasteiger partial charge < -0.3 is 21.2 Å². The number of rotatable bonds is 6. The van der Waals surface area contributed by atoms with Crippen LogP contribution in [-0.4, -0.2) is 31.0 Å². The molecule has 0 aliphatic rings. The highest BCUT2D eigenvalue weighted by atomic mass is 16.4. The Balaban J connectivity index is 2.93. The average molecular weight is 292 g/mol. The second-order valence-corrected chi connectivity index (χ2v) is 5.25. The highest BCUT2D eigenvalue weighted by Crippen LogP contribution is 2.23. The first-order valence-corrected chi connectivity index (χ1v) is 6.97. The van der Waals surface area contributed by atoms with Crippen molar-refractivity contribution in [2.45, 2.75) is 26.7 Å². The quantitative estimate of drug-likeness (QED) is 0.324. The van der Waals surface area contributed by atoms with Crippen LogP contribution in [0.5, 0.6) is 0 Å². The number of nitrogens with zero attached hydrogens (tertiary/aromatic N) is 2. The molecule has 0 saturated heterocycles. The van der Waals surface area contributed by atoms with E-state index in [1.807, 2.05) is 51.0 Å². The number of anilines is 2. The molecule has 0 spiro atoms. The second kappa shape index (κ2) is 7.52. The molecule has 0 aliphatic heterocycles. The Hall–Kier alpha value is -2.24. The van der Waals surface area contributed by atoms with Gasteiger partial charge >= 0.3 is 0 Å². The summed E-state index contributed by atoms with van der Waals surface area (Å²) in [6.45, 7) is 3.96. The molecule has 1 atom stereocenters. The minimum Gasteiger partial charge on any atom is -0.409 e. The lowest BCUT2D eigenvalue weighted by molar-refractivity contribution is -0.118. The first-order valence-electron chi connectivity index (χ1n) is 6.97. The van der Waals surface area contributed by atoms with Crippen molar-refractivity contribution < 1.29 is 10.0 Å². The van der Waals surface area contributed by atoms with Crippen LogP contribution in [0.1, 0.15) is 25.3 Å². The van der Waals surface area contributed by atoms with Crippen molar-refractivity contribution in [2.24, 2.45) is 16.8 Å². The summed E-state index contributed by atoms with van der Waals surface area (Å²) in [6.07, 6.45) is 1.30. The number of nitrogens with two attached hydrogens (primary N) is 1. The van der Waals surface area contributed by atoms with Crippen LogP contribution in [-0.2, 0) is 4.79 Å². The number of carbonyl (C=O) groups is 1. The van der Waals surface area contributed by atoms with Gasteiger partial charge in [-0.1, -0.05) is 24.6 Å². The summed E-state index contributed by atoms with van der Waals surface area (Å²) in [7, 11) is 3.90. The predicted octanol–water partition coefficient (Wildman–Crippen LogP) is 2.16. The van der Waals surface area contributed by atoms with Gasteiger partial charge in [0.2, 0.25) is 5.91 Å². The maximum absolute atomic E-state index is 12.3. The van der Waals surface area contributed by atoms with Gasteiger partial charge in [-0.05, 0) is 31.0 Å². The van der Waals surface area contributed by atoms with E-state index in [0.717, 1.165) is 17.7 Å². The fourth-order valence-electron chi connectivity index (χ4n) is 2.17. The minimum absolute atomic E-state index is 0.0608. The lowest BCUT2D eigenvalue weighted by Crippen LogP contribution is -2.34. The molecule has 1 aromatic rings. The molecular weight excluding hydrogens is 268 g/mol. The Morgan fingerprint density at radius 1 is 1.48 bits per heavy atom. The van der Waals surface area contributed by atoms with Gasteiger partial charge in [-0.2, -0.15) is 0 Å². The molecule has 0 aliphatic carbocycles. The van der Waals surface area contributed by atoms with Gasteiger partial charge in [0.25, 0.3) is 0 Å². The summed E-state index contributed by atoms with van der Waals surface area (Å²) in [5.74, 6) is -0.945. The van der Waals surface area contributed by atoms with E-state index >= 15 is 0 Å². The van der Waals surface area contributed by atoms with Gasteiger partial charge in [0.05, 0.1) is 5.92 Å².